The van der Waals surface area contributed by atoms with Crippen LogP contribution in [0.2, 0.25) is 10.0 Å². The topological polar surface area (TPSA) is 50.2 Å². The maximum atomic E-state index is 10.9. The Hall–Kier alpha value is -1.10. The van der Waals surface area contributed by atoms with E-state index in [1.807, 2.05) is 6.07 Å². The summed E-state index contributed by atoms with van der Waals surface area (Å²) in [5.41, 5.74) is 0.992. The van der Waals surface area contributed by atoms with Gasteiger partial charge in [0.25, 0.3) is 0 Å². The van der Waals surface area contributed by atoms with Crippen molar-refractivity contribution in [2.75, 3.05) is 0 Å². The van der Waals surface area contributed by atoms with Crippen LogP contribution in [-0.2, 0) is 6.42 Å². The zero-order valence-electron chi connectivity index (χ0n) is 9.41. The van der Waals surface area contributed by atoms with E-state index < -0.39 is 5.97 Å². The summed E-state index contributed by atoms with van der Waals surface area (Å²) in [6.45, 7) is 1.74. The fraction of sp³-hybridized carbons (Fsp3) is 0.167. The van der Waals surface area contributed by atoms with Crippen molar-refractivity contribution in [1.29, 1.82) is 0 Å². The van der Waals surface area contributed by atoms with Crippen molar-refractivity contribution in [2.24, 2.45) is 0 Å². The molecule has 0 atom stereocenters. The molecule has 1 N–H and O–H groups in total. The molecule has 0 aliphatic rings. The molecular formula is C12H9Cl2NO2S. The summed E-state index contributed by atoms with van der Waals surface area (Å²) in [6.07, 6.45) is 0.509. The van der Waals surface area contributed by atoms with Gasteiger partial charge in [0.2, 0.25) is 0 Å². The lowest BCUT2D eigenvalue weighted by Crippen LogP contribution is -1.99. The molecule has 0 fully saturated rings. The first-order valence-electron chi connectivity index (χ1n) is 5.11. The largest absolute Gasteiger partial charge is 0.476 e. The number of hydrogen-bond acceptors (Lipinski definition) is 3. The Labute approximate surface area is 118 Å². The number of carboxylic acids is 1. The first-order valence-corrected chi connectivity index (χ1v) is 6.68. The molecule has 18 heavy (non-hydrogen) atoms. The molecule has 1 aromatic carbocycles. The van der Waals surface area contributed by atoms with Crippen LogP contribution in [0.4, 0.5) is 0 Å². The van der Waals surface area contributed by atoms with Gasteiger partial charge < -0.3 is 5.11 Å². The van der Waals surface area contributed by atoms with Crippen LogP contribution in [0, 0.1) is 6.92 Å². The number of aryl methyl sites for hydroxylation is 1. The second-order valence-electron chi connectivity index (χ2n) is 3.73. The molecule has 0 unspecified atom stereocenters. The molecule has 6 heteroatoms. The number of aromatic nitrogens is 1. The quantitative estimate of drug-likeness (QED) is 0.930. The van der Waals surface area contributed by atoms with Crippen LogP contribution >= 0.6 is 34.5 Å². The number of rotatable bonds is 3. The van der Waals surface area contributed by atoms with Gasteiger partial charge in [-0.1, -0.05) is 29.3 Å². The van der Waals surface area contributed by atoms with Crippen molar-refractivity contribution in [1.82, 2.24) is 4.98 Å². The summed E-state index contributed by atoms with van der Waals surface area (Å²) < 4.78 is 0. The number of thiazole rings is 1. The van der Waals surface area contributed by atoms with Crippen LogP contribution in [0.1, 0.15) is 25.9 Å². The third kappa shape index (κ3) is 2.83. The van der Waals surface area contributed by atoms with E-state index in [-0.39, 0.29) is 5.69 Å². The lowest BCUT2D eigenvalue weighted by Gasteiger charge is -2.01. The van der Waals surface area contributed by atoms with Gasteiger partial charge in [0, 0.05) is 21.3 Å². The smallest absolute Gasteiger partial charge is 0.355 e. The molecule has 3 nitrogen and oxygen atoms in total. The van der Waals surface area contributed by atoms with Crippen molar-refractivity contribution in [2.45, 2.75) is 13.3 Å². The molecule has 0 aliphatic heterocycles. The third-order valence-electron chi connectivity index (χ3n) is 2.40. The van der Waals surface area contributed by atoms with Crippen LogP contribution in [0.15, 0.2) is 18.2 Å². The Bertz CT molecular complexity index is 610. The predicted octanol–water partition coefficient (Wildman–Crippen LogP) is 4.05. The molecule has 0 saturated carbocycles. The van der Waals surface area contributed by atoms with Crippen LogP contribution in [0.25, 0.3) is 0 Å². The molecule has 1 aromatic heterocycles. The molecule has 0 bridgehead atoms. The maximum Gasteiger partial charge on any atom is 0.355 e. The highest BCUT2D eigenvalue weighted by atomic mass is 35.5. The van der Waals surface area contributed by atoms with Crippen molar-refractivity contribution >= 4 is 40.5 Å². The average Bonchev–Trinajstić information content (AvgIpc) is 2.64. The summed E-state index contributed by atoms with van der Waals surface area (Å²) in [5.74, 6) is -1.00. The Morgan fingerprint density at radius 2 is 2.17 bits per heavy atom. The Balaban J connectivity index is 2.29. The van der Waals surface area contributed by atoms with E-state index in [1.54, 1.807) is 19.1 Å². The van der Waals surface area contributed by atoms with Crippen LogP contribution < -0.4 is 0 Å². The van der Waals surface area contributed by atoms with Gasteiger partial charge in [0.15, 0.2) is 5.69 Å². The molecule has 0 aliphatic carbocycles. The van der Waals surface area contributed by atoms with Gasteiger partial charge in [0.05, 0.1) is 5.01 Å². The number of aromatic carboxylic acids is 1. The van der Waals surface area contributed by atoms with Gasteiger partial charge in [-0.15, -0.1) is 11.3 Å². The van der Waals surface area contributed by atoms with E-state index in [4.69, 9.17) is 28.3 Å². The third-order valence-corrected chi connectivity index (χ3v) is 3.96. The molecule has 0 spiro atoms. The molecule has 2 rings (SSSR count). The molecule has 2 aromatic rings. The van der Waals surface area contributed by atoms with Crippen molar-refractivity contribution < 1.29 is 9.90 Å². The van der Waals surface area contributed by atoms with Crippen molar-refractivity contribution in [3.05, 3.63) is 49.4 Å². The summed E-state index contributed by atoms with van der Waals surface area (Å²) in [6, 6.07) is 5.24. The van der Waals surface area contributed by atoms with Crippen LogP contribution in [0.5, 0.6) is 0 Å². The predicted molar refractivity (Wildman–Crippen MR) is 73.1 cm³/mol. The van der Waals surface area contributed by atoms with Gasteiger partial charge in [-0.3, -0.25) is 0 Å². The zero-order valence-corrected chi connectivity index (χ0v) is 11.7. The van der Waals surface area contributed by atoms with E-state index in [9.17, 15) is 4.79 Å². The first-order chi connectivity index (χ1) is 8.47. The SMILES string of the molecule is Cc1sc(Cc2ccc(Cl)cc2Cl)nc1C(=O)O. The minimum atomic E-state index is -1.00. The number of nitrogens with zero attached hydrogens (tertiary/aromatic N) is 1. The fourth-order valence-corrected chi connectivity index (χ4v) is 2.98. The molecule has 0 saturated heterocycles. The number of halogens is 2. The molecule has 0 radical (unpaired) electrons. The molecular weight excluding hydrogens is 293 g/mol. The lowest BCUT2D eigenvalue weighted by atomic mass is 10.1. The fourth-order valence-electron chi connectivity index (χ4n) is 1.55. The first kappa shape index (κ1) is 13.3. The molecule has 0 amide bonds. The monoisotopic (exact) mass is 301 g/mol. The van der Waals surface area contributed by atoms with Gasteiger partial charge in [0.1, 0.15) is 0 Å². The normalized spacial score (nSPS) is 10.6. The number of hydrogen-bond donors (Lipinski definition) is 1. The van der Waals surface area contributed by atoms with Crippen LogP contribution in [-0.4, -0.2) is 16.1 Å². The minimum absolute atomic E-state index is 0.111. The standard InChI is InChI=1S/C12H9Cl2NO2S/c1-6-11(12(16)17)15-10(18-6)4-7-2-3-8(13)5-9(7)14/h2-3,5H,4H2,1H3,(H,16,17). The molecule has 94 valence electrons. The van der Waals surface area contributed by atoms with Gasteiger partial charge in [-0.05, 0) is 24.6 Å². The number of carboxylic acid groups (broad SMARTS) is 1. The van der Waals surface area contributed by atoms with Crippen LogP contribution in [0.3, 0.4) is 0 Å². The highest BCUT2D eigenvalue weighted by Crippen LogP contribution is 2.26. The second kappa shape index (κ2) is 5.26. The van der Waals surface area contributed by atoms with E-state index in [0.29, 0.717) is 21.3 Å². The highest BCUT2D eigenvalue weighted by molar-refractivity contribution is 7.11. The second-order valence-corrected chi connectivity index (χ2v) is 5.86. The maximum absolute atomic E-state index is 10.9. The molecule has 1 heterocycles. The Morgan fingerprint density at radius 1 is 1.44 bits per heavy atom. The summed E-state index contributed by atoms with van der Waals surface area (Å²) >= 11 is 13.2. The van der Waals surface area contributed by atoms with Crippen molar-refractivity contribution in [3.8, 4) is 0 Å². The Morgan fingerprint density at radius 3 is 2.72 bits per heavy atom. The van der Waals surface area contributed by atoms with E-state index in [0.717, 1.165) is 10.6 Å². The van der Waals surface area contributed by atoms with E-state index in [2.05, 4.69) is 4.98 Å². The van der Waals surface area contributed by atoms with Gasteiger partial charge in [-0.25, -0.2) is 9.78 Å². The van der Waals surface area contributed by atoms with E-state index in [1.165, 1.54) is 11.3 Å². The highest BCUT2D eigenvalue weighted by Gasteiger charge is 2.14. The summed E-state index contributed by atoms with van der Waals surface area (Å²) in [5, 5.41) is 10.8. The Kier molecular flexibility index (Phi) is 3.90. The van der Waals surface area contributed by atoms with Gasteiger partial charge >= 0.3 is 5.97 Å². The van der Waals surface area contributed by atoms with E-state index >= 15 is 0 Å². The number of carbonyl (C=O) groups is 1. The zero-order chi connectivity index (χ0) is 13.3. The van der Waals surface area contributed by atoms with Crippen molar-refractivity contribution in [3.63, 3.8) is 0 Å². The number of benzene rings is 1. The minimum Gasteiger partial charge on any atom is -0.476 e. The summed E-state index contributed by atoms with van der Waals surface area (Å²) in [4.78, 5) is 15.7. The average molecular weight is 302 g/mol. The van der Waals surface area contributed by atoms with Gasteiger partial charge in [-0.2, -0.15) is 0 Å². The summed E-state index contributed by atoms with van der Waals surface area (Å²) in [7, 11) is 0. The lowest BCUT2D eigenvalue weighted by molar-refractivity contribution is 0.0690.